The van der Waals surface area contributed by atoms with Crippen molar-refractivity contribution in [3.8, 4) is 0 Å². The van der Waals surface area contributed by atoms with Gasteiger partial charge in [-0.2, -0.15) is 0 Å². The Morgan fingerprint density at radius 2 is 2.50 bits per heavy atom. The van der Waals surface area contributed by atoms with Crippen LogP contribution in [0.4, 0.5) is 0 Å². The molecule has 0 saturated heterocycles. The number of nitrogens with zero attached hydrogens (tertiary/aromatic N) is 1. The molecule has 0 fully saturated rings. The maximum Gasteiger partial charge on any atom is 0.205 e. The molecule has 0 saturated carbocycles. The van der Waals surface area contributed by atoms with E-state index in [9.17, 15) is 0 Å². The first-order chi connectivity index (χ1) is 3.80. The molecule has 1 aliphatic rings. The van der Waals surface area contributed by atoms with E-state index in [1.165, 1.54) is 0 Å². The van der Waals surface area contributed by atoms with E-state index in [0.717, 1.165) is 5.06 Å². The number of aliphatic hydroxyl groups excluding tert-OH is 1. The van der Waals surface area contributed by atoms with Crippen molar-refractivity contribution >= 4 is 0 Å². The predicted octanol–water partition coefficient (Wildman–Crippen LogP) is -0.930. The second-order valence-electron chi connectivity index (χ2n) is 1.56. The second-order valence-corrected chi connectivity index (χ2v) is 1.56. The summed E-state index contributed by atoms with van der Waals surface area (Å²) in [6.45, 7) is 0.369. The van der Waals surface area contributed by atoms with Crippen LogP contribution in [0.15, 0.2) is 12.3 Å². The average Bonchev–Trinajstić information content (AvgIpc) is 1.77. The zero-order chi connectivity index (χ0) is 5.98. The molecular weight excluding hydrogens is 108 g/mol. The van der Waals surface area contributed by atoms with E-state index in [0.29, 0.717) is 6.54 Å². The fourth-order valence-corrected chi connectivity index (χ4v) is 0.501. The monoisotopic (exact) mass is 116 g/mol. The fourth-order valence-electron chi connectivity index (χ4n) is 0.501. The Kier molecular flexibility index (Phi) is 1.48. The minimum absolute atomic E-state index is 0.369. The summed E-state index contributed by atoms with van der Waals surface area (Å²) in [5.41, 5.74) is 0. The van der Waals surface area contributed by atoms with E-state index >= 15 is 0 Å². The van der Waals surface area contributed by atoms with Crippen molar-refractivity contribution in [3.05, 3.63) is 12.3 Å². The number of hydroxylamine groups is 2. The van der Waals surface area contributed by atoms with E-state index in [2.05, 4.69) is 5.32 Å². The zero-order valence-corrected chi connectivity index (χ0v) is 4.28. The lowest BCUT2D eigenvalue weighted by atomic mass is 10.5. The van der Waals surface area contributed by atoms with Crippen LogP contribution < -0.4 is 5.32 Å². The molecule has 4 nitrogen and oxygen atoms in total. The van der Waals surface area contributed by atoms with Gasteiger partial charge in [-0.25, -0.2) is 0 Å². The standard InChI is InChI=1S/C4H8N2O2/c7-4-5-2-1-3-6(4)8/h1-2,4-5,7-8H,3H2. The van der Waals surface area contributed by atoms with Crippen molar-refractivity contribution < 1.29 is 10.3 Å². The maximum atomic E-state index is 8.69. The van der Waals surface area contributed by atoms with Crippen molar-refractivity contribution in [2.24, 2.45) is 0 Å². The summed E-state index contributed by atoms with van der Waals surface area (Å²) in [5, 5.41) is 20.6. The Balaban J connectivity index is 2.44. The van der Waals surface area contributed by atoms with Crippen LogP contribution in [0.25, 0.3) is 0 Å². The van der Waals surface area contributed by atoms with Gasteiger partial charge in [0.2, 0.25) is 6.35 Å². The van der Waals surface area contributed by atoms with Crippen molar-refractivity contribution in [1.82, 2.24) is 10.4 Å². The third-order valence-corrected chi connectivity index (χ3v) is 0.938. The Hall–Kier alpha value is -0.580. The van der Waals surface area contributed by atoms with Crippen LogP contribution >= 0.6 is 0 Å². The van der Waals surface area contributed by atoms with Gasteiger partial charge in [0.15, 0.2) is 0 Å². The van der Waals surface area contributed by atoms with Crippen molar-refractivity contribution in [1.29, 1.82) is 0 Å². The number of nitrogens with one attached hydrogen (secondary N) is 1. The van der Waals surface area contributed by atoms with Crippen LogP contribution in [0, 0.1) is 0 Å². The summed E-state index contributed by atoms with van der Waals surface area (Å²) in [4.78, 5) is 0. The molecule has 4 heteroatoms. The van der Waals surface area contributed by atoms with Gasteiger partial charge < -0.3 is 15.6 Å². The first-order valence-corrected chi connectivity index (χ1v) is 2.35. The van der Waals surface area contributed by atoms with Gasteiger partial charge in [0.05, 0.1) is 0 Å². The maximum absolute atomic E-state index is 8.69. The first-order valence-electron chi connectivity index (χ1n) is 2.35. The van der Waals surface area contributed by atoms with Crippen molar-refractivity contribution in [3.63, 3.8) is 0 Å². The number of rotatable bonds is 0. The summed E-state index contributed by atoms with van der Waals surface area (Å²) in [7, 11) is 0. The van der Waals surface area contributed by atoms with Gasteiger partial charge in [-0.15, -0.1) is 5.06 Å². The lowest BCUT2D eigenvalue weighted by Gasteiger charge is -2.22. The number of hydrogen-bond donors (Lipinski definition) is 3. The molecule has 0 spiro atoms. The highest BCUT2D eigenvalue weighted by atomic mass is 16.5. The third-order valence-electron chi connectivity index (χ3n) is 0.938. The SMILES string of the molecule is OC1NC=CCN1O. The van der Waals surface area contributed by atoms with E-state index in [1.54, 1.807) is 12.3 Å². The van der Waals surface area contributed by atoms with Gasteiger partial charge in [-0.1, -0.05) is 6.08 Å². The fraction of sp³-hybridized carbons (Fsp3) is 0.500. The van der Waals surface area contributed by atoms with Crippen molar-refractivity contribution in [2.45, 2.75) is 6.35 Å². The first kappa shape index (κ1) is 5.55. The molecule has 0 aromatic carbocycles. The van der Waals surface area contributed by atoms with Gasteiger partial charge >= 0.3 is 0 Å². The molecule has 1 unspecified atom stereocenters. The highest BCUT2D eigenvalue weighted by molar-refractivity contribution is 4.86. The summed E-state index contributed by atoms with van der Waals surface area (Å²) in [6.07, 6.45) is 2.35. The topological polar surface area (TPSA) is 55.7 Å². The normalized spacial score (nSPS) is 30.0. The molecular formula is C4H8N2O2. The van der Waals surface area contributed by atoms with E-state index in [1.807, 2.05) is 0 Å². The lowest BCUT2D eigenvalue weighted by Crippen LogP contribution is -2.44. The molecule has 1 rings (SSSR count). The predicted molar refractivity (Wildman–Crippen MR) is 26.8 cm³/mol. The molecule has 0 aromatic rings. The van der Waals surface area contributed by atoms with Crippen LogP contribution in [-0.4, -0.2) is 28.3 Å². The van der Waals surface area contributed by atoms with E-state index in [-0.39, 0.29) is 0 Å². The molecule has 0 amide bonds. The van der Waals surface area contributed by atoms with Crippen LogP contribution in [0.1, 0.15) is 0 Å². The quantitative estimate of drug-likeness (QED) is 0.383. The molecule has 0 aromatic heterocycles. The van der Waals surface area contributed by atoms with Crippen LogP contribution in [0.5, 0.6) is 0 Å². The minimum Gasteiger partial charge on any atom is -0.359 e. The molecule has 8 heavy (non-hydrogen) atoms. The summed E-state index contributed by atoms with van der Waals surface area (Å²) < 4.78 is 0. The van der Waals surface area contributed by atoms with Gasteiger partial charge in [-0.3, -0.25) is 0 Å². The van der Waals surface area contributed by atoms with Gasteiger partial charge in [-0.05, 0) is 6.20 Å². The van der Waals surface area contributed by atoms with Gasteiger partial charge in [0.1, 0.15) is 0 Å². The molecule has 0 bridgehead atoms. The highest BCUT2D eigenvalue weighted by Crippen LogP contribution is 1.92. The Bertz CT molecular complexity index is 92.2. The molecule has 1 aliphatic heterocycles. The average molecular weight is 116 g/mol. The van der Waals surface area contributed by atoms with Crippen molar-refractivity contribution in [2.75, 3.05) is 6.54 Å². The largest absolute Gasteiger partial charge is 0.359 e. The molecule has 0 aliphatic carbocycles. The van der Waals surface area contributed by atoms with Crippen LogP contribution in [0.3, 0.4) is 0 Å². The van der Waals surface area contributed by atoms with Gasteiger partial charge in [0, 0.05) is 6.54 Å². The summed E-state index contributed by atoms with van der Waals surface area (Å²) >= 11 is 0. The van der Waals surface area contributed by atoms with Crippen LogP contribution in [-0.2, 0) is 0 Å². The lowest BCUT2D eigenvalue weighted by molar-refractivity contribution is -0.200. The second kappa shape index (κ2) is 2.13. The molecule has 46 valence electrons. The Morgan fingerprint density at radius 3 is 2.88 bits per heavy atom. The number of aliphatic hydroxyl groups is 1. The van der Waals surface area contributed by atoms with E-state index < -0.39 is 6.35 Å². The highest BCUT2D eigenvalue weighted by Gasteiger charge is 2.11. The number of hydrogen-bond acceptors (Lipinski definition) is 4. The van der Waals surface area contributed by atoms with Gasteiger partial charge in [0.25, 0.3) is 0 Å². The molecule has 3 N–H and O–H groups in total. The molecule has 1 atom stereocenters. The zero-order valence-electron chi connectivity index (χ0n) is 4.28. The Labute approximate surface area is 47.0 Å². The third kappa shape index (κ3) is 0.975. The smallest absolute Gasteiger partial charge is 0.205 e. The molecule has 1 heterocycles. The van der Waals surface area contributed by atoms with E-state index in [4.69, 9.17) is 10.3 Å². The summed E-state index contributed by atoms with van der Waals surface area (Å²) in [5.74, 6) is 0. The van der Waals surface area contributed by atoms with Crippen LogP contribution in [0.2, 0.25) is 0 Å². The minimum atomic E-state index is -0.944. The Morgan fingerprint density at radius 1 is 1.75 bits per heavy atom. The summed E-state index contributed by atoms with van der Waals surface area (Å²) in [6, 6.07) is 0. The molecule has 0 radical (unpaired) electrons.